The molecule has 1 unspecified atom stereocenters. The lowest BCUT2D eigenvalue weighted by Crippen LogP contribution is -2.22. The summed E-state index contributed by atoms with van der Waals surface area (Å²) < 4.78 is 0. The number of rotatable bonds is 3. The zero-order valence-corrected chi connectivity index (χ0v) is 12.3. The molecule has 104 valence electrons. The maximum absolute atomic E-state index is 5.85. The van der Waals surface area contributed by atoms with Gasteiger partial charge in [0.1, 0.15) is 0 Å². The van der Waals surface area contributed by atoms with Crippen molar-refractivity contribution in [3.05, 3.63) is 53.3 Å². The standard InChI is InChI=1S/C16H18ClN3/c1-12-15(9-17)10-18-16(19-12)20-8-7-14(11-20)13-5-3-2-4-6-13/h2-6,10,14H,7-9,11H2,1H3. The van der Waals surface area contributed by atoms with Crippen LogP contribution in [-0.4, -0.2) is 23.1 Å². The highest BCUT2D eigenvalue weighted by molar-refractivity contribution is 6.17. The highest BCUT2D eigenvalue weighted by Gasteiger charge is 2.25. The number of hydrogen-bond donors (Lipinski definition) is 0. The molecule has 0 amide bonds. The first-order valence-corrected chi connectivity index (χ1v) is 7.49. The first-order valence-electron chi connectivity index (χ1n) is 6.96. The lowest BCUT2D eigenvalue weighted by atomic mass is 9.99. The summed E-state index contributed by atoms with van der Waals surface area (Å²) in [7, 11) is 0. The minimum atomic E-state index is 0.471. The number of hydrogen-bond acceptors (Lipinski definition) is 3. The highest BCUT2D eigenvalue weighted by atomic mass is 35.5. The van der Waals surface area contributed by atoms with E-state index in [0.29, 0.717) is 11.8 Å². The van der Waals surface area contributed by atoms with Gasteiger partial charge in [-0.05, 0) is 18.9 Å². The van der Waals surface area contributed by atoms with Gasteiger partial charge in [0.25, 0.3) is 0 Å². The Balaban J connectivity index is 1.76. The van der Waals surface area contributed by atoms with Crippen molar-refractivity contribution < 1.29 is 0 Å². The topological polar surface area (TPSA) is 29.0 Å². The number of nitrogens with zero attached hydrogens (tertiary/aromatic N) is 3. The lowest BCUT2D eigenvalue weighted by Gasteiger charge is -2.17. The van der Waals surface area contributed by atoms with Crippen LogP contribution in [0.2, 0.25) is 0 Å². The largest absolute Gasteiger partial charge is 0.340 e. The smallest absolute Gasteiger partial charge is 0.225 e. The Hall–Kier alpha value is -1.61. The summed E-state index contributed by atoms with van der Waals surface area (Å²) in [4.78, 5) is 11.3. The van der Waals surface area contributed by atoms with Gasteiger partial charge >= 0.3 is 0 Å². The van der Waals surface area contributed by atoms with E-state index < -0.39 is 0 Å². The molecule has 0 radical (unpaired) electrons. The molecule has 1 aliphatic heterocycles. The van der Waals surface area contributed by atoms with Crippen molar-refractivity contribution >= 4 is 17.5 Å². The minimum absolute atomic E-state index is 0.471. The van der Waals surface area contributed by atoms with Gasteiger partial charge in [0, 0.05) is 36.5 Å². The second-order valence-corrected chi connectivity index (χ2v) is 5.52. The molecular formula is C16H18ClN3. The van der Waals surface area contributed by atoms with Crippen molar-refractivity contribution in [3.63, 3.8) is 0 Å². The van der Waals surface area contributed by atoms with Gasteiger partial charge in [-0.3, -0.25) is 0 Å². The maximum Gasteiger partial charge on any atom is 0.225 e. The van der Waals surface area contributed by atoms with Gasteiger partial charge in [0.15, 0.2) is 0 Å². The Labute approximate surface area is 124 Å². The van der Waals surface area contributed by atoms with E-state index in [1.54, 1.807) is 0 Å². The van der Waals surface area contributed by atoms with E-state index in [0.717, 1.165) is 36.7 Å². The van der Waals surface area contributed by atoms with Crippen molar-refractivity contribution in [2.45, 2.75) is 25.1 Å². The molecule has 0 spiro atoms. The second kappa shape index (κ2) is 5.80. The van der Waals surface area contributed by atoms with Crippen LogP contribution in [0.25, 0.3) is 0 Å². The third kappa shape index (κ3) is 2.63. The molecule has 2 heterocycles. The van der Waals surface area contributed by atoms with E-state index in [2.05, 4.69) is 45.2 Å². The minimum Gasteiger partial charge on any atom is -0.340 e. The molecule has 20 heavy (non-hydrogen) atoms. The average Bonchev–Trinajstić information content (AvgIpc) is 2.98. The summed E-state index contributed by atoms with van der Waals surface area (Å²) in [6.07, 6.45) is 3.00. The molecule has 1 aromatic heterocycles. The number of anilines is 1. The Kier molecular flexibility index (Phi) is 3.88. The van der Waals surface area contributed by atoms with Crippen LogP contribution in [0.15, 0.2) is 36.5 Å². The monoisotopic (exact) mass is 287 g/mol. The fourth-order valence-electron chi connectivity index (χ4n) is 2.70. The van der Waals surface area contributed by atoms with Gasteiger partial charge in [-0.2, -0.15) is 0 Å². The lowest BCUT2D eigenvalue weighted by molar-refractivity contribution is 0.772. The number of alkyl halides is 1. The molecule has 3 nitrogen and oxygen atoms in total. The van der Waals surface area contributed by atoms with Gasteiger partial charge in [0.05, 0.1) is 5.88 Å². The van der Waals surface area contributed by atoms with E-state index in [9.17, 15) is 0 Å². The van der Waals surface area contributed by atoms with E-state index >= 15 is 0 Å². The van der Waals surface area contributed by atoms with Gasteiger partial charge in [0.2, 0.25) is 5.95 Å². The molecule has 1 aromatic carbocycles. The van der Waals surface area contributed by atoms with Crippen LogP contribution in [0.4, 0.5) is 5.95 Å². The normalized spacial score (nSPS) is 18.5. The van der Waals surface area contributed by atoms with Gasteiger partial charge in [-0.25, -0.2) is 9.97 Å². The van der Waals surface area contributed by atoms with Gasteiger partial charge in [-0.15, -0.1) is 11.6 Å². The Morgan fingerprint density at radius 3 is 2.80 bits per heavy atom. The second-order valence-electron chi connectivity index (χ2n) is 5.26. The summed E-state index contributed by atoms with van der Waals surface area (Å²) in [5.41, 5.74) is 3.39. The third-order valence-electron chi connectivity index (χ3n) is 3.95. The summed E-state index contributed by atoms with van der Waals surface area (Å²) in [6.45, 7) is 4.00. The zero-order chi connectivity index (χ0) is 13.9. The van der Waals surface area contributed by atoms with Crippen LogP contribution in [0.1, 0.15) is 29.2 Å². The van der Waals surface area contributed by atoms with E-state index in [-0.39, 0.29) is 0 Å². The Morgan fingerprint density at radius 2 is 2.10 bits per heavy atom. The van der Waals surface area contributed by atoms with E-state index in [1.165, 1.54) is 5.56 Å². The summed E-state index contributed by atoms with van der Waals surface area (Å²) in [5, 5.41) is 0. The summed E-state index contributed by atoms with van der Waals surface area (Å²) >= 11 is 5.85. The average molecular weight is 288 g/mol. The Morgan fingerprint density at radius 1 is 1.30 bits per heavy atom. The molecule has 0 saturated carbocycles. The first kappa shape index (κ1) is 13.4. The fraction of sp³-hybridized carbons (Fsp3) is 0.375. The van der Waals surface area contributed by atoms with E-state index in [1.807, 2.05) is 13.1 Å². The maximum atomic E-state index is 5.85. The number of halogens is 1. The third-order valence-corrected chi connectivity index (χ3v) is 4.24. The van der Waals surface area contributed by atoms with Crippen molar-refractivity contribution in [2.24, 2.45) is 0 Å². The molecule has 0 bridgehead atoms. The van der Waals surface area contributed by atoms with Crippen molar-refractivity contribution in [3.8, 4) is 0 Å². The molecule has 0 N–H and O–H groups in total. The number of aryl methyl sites for hydroxylation is 1. The van der Waals surface area contributed by atoms with Crippen molar-refractivity contribution in [2.75, 3.05) is 18.0 Å². The number of aromatic nitrogens is 2. The fourth-order valence-corrected chi connectivity index (χ4v) is 2.96. The SMILES string of the molecule is Cc1nc(N2CCC(c3ccccc3)C2)ncc1CCl. The predicted molar refractivity (Wildman–Crippen MR) is 82.3 cm³/mol. The highest BCUT2D eigenvalue weighted by Crippen LogP contribution is 2.29. The molecule has 1 fully saturated rings. The van der Waals surface area contributed by atoms with Crippen LogP contribution in [0.5, 0.6) is 0 Å². The number of benzene rings is 1. The van der Waals surface area contributed by atoms with Crippen molar-refractivity contribution in [1.29, 1.82) is 0 Å². The quantitative estimate of drug-likeness (QED) is 0.809. The molecule has 0 aliphatic carbocycles. The molecule has 3 rings (SSSR count). The predicted octanol–water partition coefficient (Wildman–Crippen LogP) is 3.52. The van der Waals surface area contributed by atoms with Gasteiger partial charge in [-0.1, -0.05) is 30.3 Å². The molecule has 2 aromatic rings. The molecular weight excluding hydrogens is 270 g/mol. The molecule has 1 aliphatic rings. The molecule has 4 heteroatoms. The molecule has 1 saturated heterocycles. The van der Waals surface area contributed by atoms with Crippen LogP contribution >= 0.6 is 11.6 Å². The Bertz CT molecular complexity index is 586. The van der Waals surface area contributed by atoms with Crippen LogP contribution in [0.3, 0.4) is 0 Å². The van der Waals surface area contributed by atoms with E-state index in [4.69, 9.17) is 11.6 Å². The first-order chi connectivity index (χ1) is 9.78. The van der Waals surface area contributed by atoms with Crippen LogP contribution in [0, 0.1) is 6.92 Å². The summed E-state index contributed by atoms with van der Waals surface area (Å²) in [6, 6.07) is 10.7. The van der Waals surface area contributed by atoms with Crippen LogP contribution in [-0.2, 0) is 5.88 Å². The van der Waals surface area contributed by atoms with Crippen molar-refractivity contribution in [1.82, 2.24) is 9.97 Å². The summed E-state index contributed by atoms with van der Waals surface area (Å²) in [5.74, 6) is 1.88. The van der Waals surface area contributed by atoms with Crippen LogP contribution < -0.4 is 4.90 Å². The zero-order valence-electron chi connectivity index (χ0n) is 11.6. The van der Waals surface area contributed by atoms with Gasteiger partial charge < -0.3 is 4.90 Å². The molecule has 1 atom stereocenters.